The molecule has 2 fully saturated rings. The molecular formula is C14H21N3O4S. The fraction of sp³-hybridized carbons (Fsp3) is 0.643. The summed E-state index contributed by atoms with van der Waals surface area (Å²) in [5.41, 5.74) is 5.39. The Hall–Kier alpha value is -1.38. The maximum Gasteiger partial charge on any atom is 0.276 e. The zero-order valence-electron chi connectivity index (χ0n) is 12.4. The Morgan fingerprint density at radius 2 is 1.95 bits per heavy atom. The van der Waals surface area contributed by atoms with E-state index in [0.717, 1.165) is 32.2 Å². The molecule has 2 saturated heterocycles. The van der Waals surface area contributed by atoms with E-state index in [1.165, 1.54) is 10.4 Å². The summed E-state index contributed by atoms with van der Waals surface area (Å²) >= 11 is 0. The first-order valence-corrected chi connectivity index (χ1v) is 9.05. The third-order valence-electron chi connectivity index (χ3n) is 4.35. The van der Waals surface area contributed by atoms with Gasteiger partial charge in [-0.05, 0) is 44.4 Å². The second kappa shape index (κ2) is 6.02. The van der Waals surface area contributed by atoms with Crippen LogP contribution in [0.3, 0.4) is 0 Å². The van der Waals surface area contributed by atoms with Crippen molar-refractivity contribution in [1.82, 2.24) is 9.21 Å². The Morgan fingerprint density at radius 1 is 1.23 bits per heavy atom. The largest absolute Gasteiger partial charge is 0.447 e. The number of primary amides is 1. The monoisotopic (exact) mass is 327 g/mol. The lowest BCUT2D eigenvalue weighted by Gasteiger charge is -2.20. The molecule has 3 rings (SSSR count). The quantitative estimate of drug-likeness (QED) is 0.850. The van der Waals surface area contributed by atoms with Crippen molar-refractivity contribution in [3.8, 4) is 0 Å². The van der Waals surface area contributed by atoms with Gasteiger partial charge in [-0.15, -0.1) is 0 Å². The predicted octanol–water partition coefficient (Wildman–Crippen LogP) is 0.514. The molecule has 0 aliphatic carbocycles. The molecule has 8 heteroatoms. The average Bonchev–Trinajstić information content (AvgIpc) is 3.21. The molecular weight excluding hydrogens is 306 g/mol. The zero-order valence-corrected chi connectivity index (χ0v) is 13.2. The van der Waals surface area contributed by atoms with Crippen molar-refractivity contribution >= 4 is 15.9 Å². The van der Waals surface area contributed by atoms with Crippen LogP contribution >= 0.6 is 0 Å². The Morgan fingerprint density at radius 3 is 2.64 bits per heavy atom. The van der Waals surface area contributed by atoms with Gasteiger partial charge < -0.3 is 10.2 Å². The van der Waals surface area contributed by atoms with Crippen LogP contribution in [0.5, 0.6) is 0 Å². The first-order valence-electron chi connectivity index (χ1n) is 7.61. The van der Waals surface area contributed by atoms with Crippen LogP contribution in [0.2, 0.25) is 0 Å². The lowest BCUT2D eigenvalue weighted by Crippen LogP contribution is -2.39. The Bertz CT molecular complexity index is 649. The summed E-state index contributed by atoms with van der Waals surface area (Å²) in [6.45, 7) is 2.27. The van der Waals surface area contributed by atoms with Gasteiger partial charge in [0.25, 0.3) is 10.0 Å². The molecule has 1 atom stereocenters. The number of likely N-dealkylation sites (tertiary alicyclic amines) is 1. The van der Waals surface area contributed by atoms with Gasteiger partial charge in [0.15, 0.2) is 0 Å². The SMILES string of the molecule is NC(=O)C1CCCN1Cc1ccc(S(=O)(=O)N2CCCC2)o1. The number of nitrogens with two attached hydrogens (primary N) is 1. The summed E-state index contributed by atoms with van der Waals surface area (Å²) in [6, 6.07) is 2.88. The topological polar surface area (TPSA) is 96.8 Å². The van der Waals surface area contributed by atoms with Crippen molar-refractivity contribution in [1.29, 1.82) is 0 Å². The summed E-state index contributed by atoms with van der Waals surface area (Å²) in [5.74, 6) is 0.208. The number of rotatable bonds is 5. The molecule has 122 valence electrons. The van der Waals surface area contributed by atoms with E-state index >= 15 is 0 Å². The molecule has 1 amide bonds. The molecule has 1 aromatic rings. The lowest BCUT2D eigenvalue weighted by molar-refractivity contribution is -0.122. The van der Waals surface area contributed by atoms with Gasteiger partial charge in [0, 0.05) is 13.1 Å². The van der Waals surface area contributed by atoms with Crippen molar-refractivity contribution in [2.45, 2.75) is 43.4 Å². The molecule has 3 heterocycles. The van der Waals surface area contributed by atoms with Gasteiger partial charge in [-0.1, -0.05) is 0 Å². The Labute approximate surface area is 130 Å². The van der Waals surface area contributed by atoms with E-state index in [-0.39, 0.29) is 17.0 Å². The number of sulfonamides is 1. The molecule has 1 aromatic heterocycles. The third-order valence-corrected chi connectivity index (χ3v) is 6.12. The Balaban J connectivity index is 1.72. The maximum absolute atomic E-state index is 12.4. The molecule has 0 bridgehead atoms. The van der Waals surface area contributed by atoms with E-state index in [1.54, 1.807) is 6.07 Å². The third kappa shape index (κ3) is 2.90. The van der Waals surface area contributed by atoms with Crippen molar-refractivity contribution < 1.29 is 17.6 Å². The van der Waals surface area contributed by atoms with Gasteiger partial charge >= 0.3 is 0 Å². The summed E-state index contributed by atoms with van der Waals surface area (Å²) in [4.78, 5) is 13.3. The van der Waals surface area contributed by atoms with Gasteiger partial charge in [0.1, 0.15) is 5.76 Å². The average molecular weight is 327 g/mol. The molecule has 0 aromatic carbocycles. The smallest absolute Gasteiger partial charge is 0.276 e. The normalized spacial score (nSPS) is 24.1. The summed E-state index contributed by atoms with van der Waals surface area (Å²) in [5, 5.41) is -0.0146. The minimum absolute atomic E-state index is 0.0146. The second-order valence-electron chi connectivity index (χ2n) is 5.86. The number of carbonyl (C=O) groups is 1. The number of hydrogen-bond donors (Lipinski definition) is 1. The molecule has 2 aliphatic heterocycles. The van der Waals surface area contributed by atoms with Crippen molar-refractivity contribution in [2.75, 3.05) is 19.6 Å². The molecule has 0 saturated carbocycles. The van der Waals surface area contributed by atoms with E-state index in [0.29, 0.717) is 25.4 Å². The summed E-state index contributed by atoms with van der Waals surface area (Å²) in [7, 11) is -3.52. The van der Waals surface area contributed by atoms with Crippen LogP contribution in [0.4, 0.5) is 0 Å². The van der Waals surface area contributed by atoms with Crippen molar-refractivity contribution in [2.24, 2.45) is 5.73 Å². The van der Waals surface area contributed by atoms with Crippen molar-refractivity contribution in [3.63, 3.8) is 0 Å². The number of carbonyl (C=O) groups excluding carboxylic acids is 1. The molecule has 0 radical (unpaired) electrons. The highest BCUT2D eigenvalue weighted by atomic mass is 32.2. The Kier molecular flexibility index (Phi) is 4.24. The summed E-state index contributed by atoms with van der Waals surface area (Å²) < 4.78 is 31.8. The van der Waals surface area contributed by atoms with Crippen LogP contribution in [0, 0.1) is 0 Å². The van der Waals surface area contributed by atoms with Gasteiger partial charge in [-0.25, -0.2) is 8.42 Å². The van der Waals surface area contributed by atoms with E-state index < -0.39 is 10.0 Å². The first kappa shape index (κ1) is 15.5. The fourth-order valence-corrected chi connectivity index (χ4v) is 4.62. The molecule has 2 aliphatic rings. The van der Waals surface area contributed by atoms with Crippen molar-refractivity contribution in [3.05, 3.63) is 17.9 Å². The number of hydrogen-bond acceptors (Lipinski definition) is 5. The first-order chi connectivity index (χ1) is 10.5. The maximum atomic E-state index is 12.4. The van der Waals surface area contributed by atoms with Gasteiger partial charge in [0.05, 0.1) is 12.6 Å². The van der Waals surface area contributed by atoms with Gasteiger partial charge in [-0.3, -0.25) is 9.69 Å². The van der Waals surface area contributed by atoms with Crippen LogP contribution in [0.25, 0.3) is 0 Å². The molecule has 7 nitrogen and oxygen atoms in total. The number of furan rings is 1. The molecule has 0 spiro atoms. The van der Waals surface area contributed by atoms with Gasteiger partial charge in [0.2, 0.25) is 11.0 Å². The minimum atomic E-state index is -3.52. The van der Waals surface area contributed by atoms with Crippen LogP contribution < -0.4 is 5.73 Å². The lowest BCUT2D eigenvalue weighted by atomic mass is 10.2. The molecule has 22 heavy (non-hydrogen) atoms. The van der Waals surface area contributed by atoms with Crippen LogP contribution in [0.1, 0.15) is 31.4 Å². The minimum Gasteiger partial charge on any atom is -0.447 e. The molecule has 1 unspecified atom stereocenters. The summed E-state index contributed by atoms with van der Waals surface area (Å²) in [6.07, 6.45) is 3.43. The molecule has 2 N–H and O–H groups in total. The number of nitrogens with zero attached hydrogens (tertiary/aromatic N) is 2. The van der Waals surface area contributed by atoms with Crippen LogP contribution in [-0.4, -0.2) is 49.2 Å². The van der Waals surface area contributed by atoms with Crippen LogP contribution in [0.15, 0.2) is 21.6 Å². The van der Waals surface area contributed by atoms with E-state index in [1.807, 2.05) is 4.90 Å². The van der Waals surface area contributed by atoms with E-state index in [4.69, 9.17) is 10.2 Å². The highest BCUT2D eigenvalue weighted by molar-refractivity contribution is 7.89. The van der Waals surface area contributed by atoms with E-state index in [2.05, 4.69) is 0 Å². The highest BCUT2D eigenvalue weighted by Crippen LogP contribution is 2.25. The number of amides is 1. The fourth-order valence-electron chi connectivity index (χ4n) is 3.18. The van der Waals surface area contributed by atoms with E-state index in [9.17, 15) is 13.2 Å². The second-order valence-corrected chi connectivity index (χ2v) is 7.73. The zero-order chi connectivity index (χ0) is 15.7. The van der Waals surface area contributed by atoms with Gasteiger partial charge in [-0.2, -0.15) is 4.31 Å². The standard InChI is InChI=1S/C14H21N3O4S/c15-14(18)12-4-3-7-16(12)10-11-5-6-13(21-11)22(19,20)17-8-1-2-9-17/h5-6,12H,1-4,7-10H2,(H2,15,18). The highest BCUT2D eigenvalue weighted by Gasteiger charge is 2.32. The predicted molar refractivity (Wildman–Crippen MR) is 79.3 cm³/mol. The van der Waals surface area contributed by atoms with Crippen LogP contribution in [-0.2, 0) is 21.4 Å².